The van der Waals surface area contributed by atoms with E-state index in [1.807, 2.05) is 57.2 Å². The molecule has 28 heavy (non-hydrogen) atoms. The number of aromatic nitrogens is 2. The van der Waals surface area contributed by atoms with Gasteiger partial charge in [0.05, 0.1) is 0 Å². The normalized spacial score (nSPS) is 10.6. The average molecular weight is 374 g/mol. The minimum atomic E-state index is -0.226. The second kappa shape index (κ2) is 8.65. The molecule has 0 aliphatic carbocycles. The Hall–Kier alpha value is -3.21. The Labute approximate surface area is 166 Å². The zero-order valence-corrected chi connectivity index (χ0v) is 16.9. The van der Waals surface area contributed by atoms with Gasteiger partial charge in [-0.05, 0) is 56.5 Å². The fourth-order valence-electron chi connectivity index (χ4n) is 3.00. The van der Waals surface area contributed by atoms with Crippen LogP contribution in [0.1, 0.15) is 39.8 Å². The van der Waals surface area contributed by atoms with Gasteiger partial charge in [0.25, 0.3) is 5.91 Å². The van der Waals surface area contributed by atoms with E-state index in [1.54, 1.807) is 6.07 Å². The Morgan fingerprint density at radius 3 is 2.46 bits per heavy atom. The molecule has 1 amide bonds. The zero-order chi connectivity index (χ0) is 20.1. The molecule has 0 aliphatic rings. The van der Waals surface area contributed by atoms with Crippen molar-refractivity contribution < 1.29 is 4.79 Å². The van der Waals surface area contributed by atoms with Crippen molar-refractivity contribution in [3.05, 3.63) is 82.7 Å². The zero-order valence-electron chi connectivity index (χ0n) is 16.9. The second-order valence-electron chi connectivity index (χ2n) is 6.97. The Balaban J connectivity index is 1.85. The van der Waals surface area contributed by atoms with Gasteiger partial charge in [-0.2, -0.15) is 0 Å². The molecular formula is C23H26N4O. The molecule has 0 spiro atoms. The van der Waals surface area contributed by atoms with Crippen LogP contribution in [0.15, 0.2) is 54.6 Å². The van der Waals surface area contributed by atoms with Gasteiger partial charge in [0.1, 0.15) is 5.69 Å². The molecule has 3 aromatic rings. The number of carbonyl (C=O) groups excluding carboxylic acids is 1. The quantitative estimate of drug-likeness (QED) is 0.680. The minimum absolute atomic E-state index is 0.226. The Morgan fingerprint density at radius 1 is 1.00 bits per heavy atom. The highest BCUT2D eigenvalue weighted by atomic mass is 16.1. The molecule has 0 aliphatic heterocycles. The van der Waals surface area contributed by atoms with Crippen LogP contribution >= 0.6 is 0 Å². The van der Waals surface area contributed by atoms with Gasteiger partial charge in [0.15, 0.2) is 0 Å². The molecule has 1 N–H and O–H groups in total. The number of hydrogen-bond donors (Lipinski definition) is 1. The summed E-state index contributed by atoms with van der Waals surface area (Å²) in [5.41, 5.74) is 5.23. The number of benzene rings is 2. The van der Waals surface area contributed by atoms with Crippen molar-refractivity contribution >= 4 is 17.5 Å². The molecule has 1 heterocycles. The lowest BCUT2D eigenvalue weighted by molar-refractivity contribution is 0.102. The van der Waals surface area contributed by atoms with E-state index in [0.29, 0.717) is 18.2 Å². The van der Waals surface area contributed by atoms with E-state index in [4.69, 9.17) is 0 Å². The molecule has 1 aromatic heterocycles. The lowest BCUT2D eigenvalue weighted by Crippen LogP contribution is -2.26. The molecule has 5 heteroatoms. The molecule has 2 aromatic carbocycles. The molecule has 0 fully saturated rings. The first-order chi connectivity index (χ1) is 13.5. The van der Waals surface area contributed by atoms with Crippen LogP contribution in [0, 0.1) is 20.8 Å². The maximum atomic E-state index is 12.8. The van der Waals surface area contributed by atoms with Crippen LogP contribution in [0.5, 0.6) is 0 Å². The van der Waals surface area contributed by atoms with Crippen LogP contribution in [-0.2, 0) is 6.54 Å². The van der Waals surface area contributed by atoms with Crippen molar-refractivity contribution in [3.8, 4) is 0 Å². The molecule has 0 unspecified atom stereocenters. The summed E-state index contributed by atoms with van der Waals surface area (Å²) in [4.78, 5) is 24.0. The Kier molecular flexibility index (Phi) is 6.04. The first-order valence-electron chi connectivity index (χ1n) is 9.49. The van der Waals surface area contributed by atoms with Crippen LogP contribution in [0.4, 0.5) is 11.6 Å². The van der Waals surface area contributed by atoms with E-state index in [1.165, 1.54) is 5.56 Å². The molecule has 0 radical (unpaired) electrons. The van der Waals surface area contributed by atoms with E-state index in [-0.39, 0.29) is 5.91 Å². The number of hydrogen-bond acceptors (Lipinski definition) is 4. The summed E-state index contributed by atoms with van der Waals surface area (Å²) in [6, 6.07) is 17.9. The summed E-state index contributed by atoms with van der Waals surface area (Å²) in [6.07, 6.45) is 0. The number of nitrogens with one attached hydrogen (secondary N) is 1. The minimum Gasteiger partial charge on any atom is -0.337 e. The largest absolute Gasteiger partial charge is 0.337 e. The van der Waals surface area contributed by atoms with Gasteiger partial charge in [0.2, 0.25) is 5.95 Å². The smallest absolute Gasteiger partial charge is 0.274 e. The van der Waals surface area contributed by atoms with Gasteiger partial charge in [-0.25, -0.2) is 9.97 Å². The van der Waals surface area contributed by atoms with E-state index in [2.05, 4.69) is 39.2 Å². The van der Waals surface area contributed by atoms with Gasteiger partial charge < -0.3 is 10.2 Å². The molecule has 5 nitrogen and oxygen atoms in total. The van der Waals surface area contributed by atoms with E-state index >= 15 is 0 Å². The SMILES string of the molecule is CCN(Cc1ccccc1)c1nc(C)cc(C(=O)Nc2cc(C)ccc2C)n1. The third-order valence-electron chi connectivity index (χ3n) is 4.60. The van der Waals surface area contributed by atoms with Crippen LogP contribution in [0.2, 0.25) is 0 Å². The van der Waals surface area contributed by atoms with Gasteiger partial charge in [0, 0.05) is 24.5 Å². The lowest BCUT2D eigenvalue weighted by Gasteiger charge is -2.21. The Morgan fingerprint density at radius 2 is 1.75 bits per heavy atom. The number of carbonyl (C=O) groups is 1. The van der Waals surface area contributed by atoms with Gasteiger partial charge in [-0.3, -0.25) is 4.79 Å². The highest BCUT2D eigenvalue weighted by molar-refractivity contribution is 6.03. The fourth-order valence-corrected chi connectivity index (χ4v) is 3.00. The van der Waals surface area contributed by atoms with E-state index in [9.17, 15) is 4.79 Å². The average Bonchev–Trinajstić information content (AvgIpc) is 2.69. The Bertz CT molecular complexity index is 970. The van der Waals surface area contributed by atoms with Crippen molar-refractivity contribution in [2.24, 2.45) is 0 Å². The predicted octanol–water partition coefficient (Wildman–Crippen LogP) is 4.68. The molecule has 0 atom stereocenters. The number of nitrogens with zero attached hydrogens (tertiary/aromatic N) is 3. The number of rotatable bonds is 6. The summed E-state index contributed by atoms with van der Waals surface area (Å²) < 4.78 is 0. The van der Waals surface area contributed by atoms with Crippen molar-refractivity contribution in [2.75, 3.05) is 16.8 Å². The maximum absolute atomic E-state index is 12.8. The molecule has 0 saturated carbocycles. The topological polar surface area (TPSA) is 58.1 Å². The molecule has 3 rings (SSSR count). The summed E-state index contributed by atoms with van der Waals surface area (Å²) >= 11 is 0. The number of aryl methyl sites for hydroxylation is 3. The molecule has 0 bridgehead atoms. The summed E-state index contributed by atoms with van der Waals surface area (Å²) in [5, 5.41) is 2.98. The van der Waals surface area contributed by atoms with Crippen molar-refractivity contribution in [2.45, 2.75) is 34.2 Å². The van der Waals surface area contributed by atoms with Gasteiger partial charge in [-0.1, -0.05) is 42.5 Å². The van der Waals surface area contributed by atoms with Crippen molar-refractivity contribution in [1.82, 2.24) is 9.97 Å². The molecule has 0 saturated heterocycles. The highest BCUT2D eigenvalue weighted by Crippen LogP contribution is 2.19. The third kappa shape index (κ3) is 4.74. The van der Waals surface area contributed by atoms with Crippen LogP contribution in [0.3, 0.4) is 0 Å². The van der Waals surface area contributed by atoms with Gasteiger partial charge >= 0.3 is 0 Å². The summed E-state index contributed by atoms with van der Waals surface area (Å²) in [5.74, 6) is 0.341. The van der Waals surface area contributed by atoms with Crippen LogP contribution in [-0.4, -0.2) is 22.4 Å². The van der Waals surface area contributed by atoms with Crippen LogP contribution in [0.25, 0.3) is 0 Å². The summed E-state index contributed by atoms with van der Waals surface area (Å²) in [6.45, 7) is 9.37. The van der Waals surface area contributed by atoms with Crippen molar-refractivity contribution in [1.29, 1.82) is 0 Å². The maximum Gasteiger partial charge on any atom is 0.274 e. The summed E-state index contributed by atoms with van der Waals surface area (Å²) in [7, 11) is 0. The lowest BCUT2D eigenvalue weighted by atomic mass is 10.1. The monoisotopic (exact) mass is 374 g/mol. The second-order valence-corrected chi connectivity index (χ2v) is 6.97. The van der Waals surface area contributed by atoms with Crippen molar-refractivity contribution in [3.63, 3.8) is 0 Å². The highest BCUT2D eigenvalue weighted by Gasteiger charge is 2.15. The number of amides is 1. The third-order valence-corrected chi connectivity index (χ3v) is 4.60. The molecule has 144 valence electrons. The fraction of sp³-hybridized carbons (Fsp3) is 0.261. The van der Waals surface area contributed by atoms with Gasteiger partial charge in [-0.15, -0.1) is 0 Å². The molecular weight excluding hydrogens is 348 g/mol. The van der Waals surface area contributed by atoms with E-state index in [0.717, 1.165) is 29.1 Å². The predicted molar refractivity (Wildman–Crippen MR) is 114 cm³/mol. The van der Waals surface area contributed by atoms with E-state index < -0.39 is 0 Å². The number of anilines is 2. The first kappa shape index (κ1) is 19.5. The van der Waals surface area contributed by atoms with Crippen LogP contribution < -0.4 is 10.2 Å². The standard InChI is InChI=1S/C23H26N4O/c1-5-27(15-19-9-7-6-8-10-19)23-24-18(4)14-21(26-23)22(28)25-20-13-16(2)11-12-17(20)3/h6-14H,5,15H2,1-4H3,(H,25,28). The first-order valence-corrected chi connectivity index (χ1v) is 9.49.